The Bertz CT molecular complexity index is 1140. The summed E-state index contributed by atoms with van der Waals surface area (Å²) in [7, 11) is 4.07. The molecule has 3 atom stereocenters. The Morgan fingerprint density at radius 3 is 2.78 bits per heavy atom. The zero-order valence-corrected chi connectivity index (χ0v) is 21.2. The fourth-order valence-electron chi connectivity index (χ4n) is 4.89. The Morgan fingerprint density at radius 1 is 1.22 bits per heavy atom. The maximum absolute atomic E-state index is 13.0. The third-order valence-corrected chi connectivity index (χ3v) is 7.04. The fraction of sp³-hybridized carbons (Fsp3) is 0.444. The molecule has 1 aromatic heterocycles. The fourth-order valence-corrected chi connectivity index (χ4v) is 4.89. The molecule has 0 bridgehead atoms. The van der Waals surface area contributed by atoms with Crippen LogP contribution in [0.3, 0.4) is 0 Å². The molecule has 3 aliphatic rings. The number of amides is 3. The van der Waals surface area contributed by atoms with Gasteiger partial charge in [-0.15, -0.1) is 0 Å². The molecule has 0 aromatic carbocycles. The highest BCUT2D eigenvalue weighted by molar-refractivity contribution is 5.97. The van der Waals surface area contributed by atoms with Crippen molar-refractivity contribution in [1.82, 2.24) is 30.4 Å². The van der Waals surface area contributed by atoms with E-state index in [9.17, 15) is 9.59 Å². The number of allylic oxidation sites excluding steroid dienone is 4. The van der Waals surface area contributed by atoms with Crippen LogP contribution in [0.1, 0.15) is 32.0 Å². The summed E-state index contributed by atoms with van der Waals surface area (Å²) in [6.45, 7) is 3.24. The van der Waals surface area contributed by atoms with Gasteiger partial charge in [-0.2, -0.15) is 0 Å². The first kappa shape index (κ1) is 25.7. The van der Waals surface area contributed by atoms with E-state index in [4.69, 9.17) is 5.11 Å². The van der Waals surface area contributed by atoms with Gasteiger partial charge in [-0.25, -0.2) is 9.78 Å². The average molecular weight is 493 g/mol. The van der Waals surface area contributed by atoms with Crippen molar-refractivity contribution in [2.45, 2.75) is 38.8 Å². The second kappa shape index (κ2) is 11.5. The van der Waals surface area contributed by atoms with Gasteiger partial charge in [0.05, 0.1) is 5.70 Å². The third-order valence-electron chi connectivity index (χ3n) is 7.04. The van der Waals surface area contributed by atoms with E-state index in [0.29, 0.717) is 30.3 Å². The molecule has 2 aliphatic carbocycles. The summed E-state index contributed by atoms with van der Waals surface area (Å²) in [6, 6.07) is -0.00819. The number of fused-ring (bicyclic) bond motifs is 1. The lowest BCUT2D eigenvalue weighted by Gasteiger charge is -2.32. The zero-order valence-electron chi connectivity index (χ0n) is 21.2. The van der Waals surface area contributed by atoms with E-state index in [-0.39, 0.29) is 30.4 Å². The summed E-state index contributed by atoms with van der Waals surface area (Å²) in [5.74, 6) is 0.910. The number of carbonyl (C=O) groups is 2. The number of aliphatic hydroxyl groups excluding tert-OH is 1. The normalized spacial score (nSPS) is 23.2. The van der Waals surface area contributed by atoms with E-state index < -0.39 is 0 Å². The van der Waals surface area contributed by atoms with Crippen molar-refractivity contribution >= 4 is 17.6 Å². The molecule has 192 valence electrons. The van der Waals surface area contributed by atoms with Gasteiger partial charge in [-0.05, 0) is 57.8 Å². The number of rotatable bonds is 8. The van der Waals surface area contributed by atoms with Gasteiger partial charge in [-0.3, -0.25) is 4.79 Å². The zero-order chi connectivity index (χ0) is 25.7. The van der Waals surface area contributed by atoms with Crippen LogP contribution in [0.5, 0.6) is 0 Å². The van der Waals surface area contributed by atoms with Gasteiger partial charge in [0.25, 0.3) is 5.91 Å². The molecule has 0 saturated heterocycles. The predicted molar refractivity (Wildman–Crippen MR) is 139 cm³/mol. The Labute approximate surface area is 212 Å². The highest BCUT2D eigenvalue weighted by atomic mass is 16.3. The van der Waals surface area contributed by atoms with Crippen molar-refractivity contribution in [2.75, 3.05) is 27.2 Å². The molecule has 36 heavy (non-hydrogen) atoms. The lowest BCUT2D eigenvalue weighted by Crippen LogP contribution is -2.38. The van der Waals surface area contributed by atoms with E-state index in [2.05, 4.69) is 55.6 Å². The van der Waals surface area contributed by atoms with E-state index in [0.717, 1.165) is 36.5 Å². The second-order valence-corrected chi connectivity index (χ2v) is 9.69. The molecule has 0 spiro atoms. The minimum absolute atomic E-state index is 0.0271. The number of imidazole rings is 1. The second-order valence-electron chi connectivity index (χ2n) is 9.69. The van der Waals surface area contributed by atoms with Crippen LogP contribution in [0.25, 0.3) is 5.70 Å². The molecule has 4 rings (SSSR count). The van der Waals surface area contributed by atoms with Crippen LogP contribution in [-0.2, 0) is 11.3 Å². The first-order valence-electron chi connectivity index (χ1n) is 12.5. The SMILES string of the molecule is CC1=C(NC(=O)C2=CCC(N(C)C)C=C2)C=CCC1C1C=C(NC(=O)NCCCO)c2nccn2C1. The molecule has 1 aliphatic heterocycles. The number of hydrogen-bond acceptors (Lipinski definition) is 5. The topological polar surface area (TPSA) is 112 Å². The van der Waals surface area contributed by atoms with Crippen molar-refractivity contribution in [2.24, 2.45) is 11.8 Å². The Kier molecular flexibility index (Phi) is 8.22. The molecule has 3 amide bonds. The smallest absolute Gasteiger partial charge is 0.319 e. The van der Waals surface area contributed by atoms with Crippen molar-refractivity contribution < 1.29 is 14.7 Å². The predicted octanol–water partition coefficient (Wildman–Crippen LogP) is 2.32. The quantitative estimate of drug-likeness (QED) is 0.416. The van der Waals surface area contributed by atoms with Gasteiger partial charge in [0.15, 0.2) is 5.82 Å². The maximum atomic E-state index is 13.0. The molecule has 0 saturated carbocycles. The lowest BCUT2D eigenvalue weighted by molar-refractivity contribution is -0.116. The molecular formula is C27H36N6O3. The van der Waals surface area contributed by atoms with Crippen LogP contribution in [0.4, 0.5) is 4.79 Å². The Hall–Kier alpha value is -3.43. The molecule has 2 heterocycles. The molecular weight excluding hydrogens is 456 g/mol. The number of urea groups is 1. The number of nitrogens with one attached hydrogen (secondary N) is 3. The van der Waals surface area contributed by atoms with Crippen LogP contribution in [-0.4, -0.2) is 64.8 Å². The molecule has 3 unspecified atom stereocenters. The number of aliphatic hydroxyl groups is 1. The summed E-state index contributed by atoms with van der Waals surface area (Å²) < 4.78 is 2.05. The molecule has 0 radical (unpaired) electrons. The first-order chi connectivity index (χ1) is 17.4. The Morgan fingerprint density at radius 2 is 2.06 bits per heavy atom. The molecule has 9 heteroatoms. The molecule has 9 nitrogen and oxygen atoms in total. The van der Waals surface area contributed by atoms with Gasteiger partial charge < -0.3 is 30.5 Å². The van der Waals surface area contributed by atoms with E-state index in [1.165, 1.54) is 0 Å². The van der Waals surface area contributed by atoms with Crippen LogP contribution in [0, 0.1) is 11.8 Å². The number of nitrogens with zero attached hydrogens (tertiary/aromatic N) is 3. The van der Waals surface area contributed by atoms with Gasteiger partial charge in [0.1, 0.15) is 0 Å². The van der Waals surface area contributed by atoms with Crippen LogP contribution < -0.4 is 16.0 Å². The van der Waals surface area contributed by atoms with Crippen LogP contribution >= 0.6 is 0 Å². The van der Waals surface area contributed by atoms with Gasteiger partial charge >= 0.3 is 6.03 Å². The number of carbonyl (C=O) groups excluding carboxylic acids is 2. The highest BCUT2D eigenvalue weighted by Gasteiger charge is 2.30. The van der Waals surface area contributed by atoms with E-state index in [1.807, 2.05) is 38.5 Å². The minimum Gasteiger partial charge on any atom is -0.396 e. The van der Waals surface area contributed by atoms with Crippen molar-refractivity contribution in [3.63, 3.8) is 0 Å². The van der Waals surface area contributed by atoms with Crippen LogP contribution in [0.2, 0.25) is 0 Å². The van der Waals surface area contributed by atoms with Gasteiger partial charge in [0, 0.05) is 55.3 Å². The van der Waals surface area contributed by atoms with E-state index >= 15 is 0 Å². The highest BCUT2D eigenvalue weighted by Crippen LogP contribution is 2.36. The summed E-state index contributed by atoms with van der Waals surface area (Å²) in [4.78, 5) is 31.9. The molecule has 4 N–H and O–H groups in total. The molecule has 0 fully saturated rings. The van der Waals surface area contributed by atoms with E-state index in [1.54, 1.807) is 6.20 Å². The van der Waals surface area contributed by atoms with Crippen molar-refractivity contribution in [3.05, 3.63) is 71.5 Å². The monoisotopic (exact) mass is 492 g/mol. The summed E-state index contributed by atoms with van der Waals surface area (Å²) in [6.07, 6.45) is 17.9. The van der Waals surface area contributed by atoms with Crippen molar-refractivity contribution in [1.29, 1.82) is 0 Å². The lowest BCUT2D eigenvalue weighted by atomic mass is 9.79. The van der Waals surface area contributed by atoms with Gasteiger partial charge in [0.2, 0.25) is 0 Å². The standard InChI is InChI=1S/C27H36N6O3/c1-18-22(6-4-7-23(18)30-26(35)19-8-10-21(11-9-19)32(2)3)20-16-24(25-28-13-14-33(25)17-20)31-27(36)29-12-5-15-34/h4,7-10,13-14,16,20-22,34H,5-6,11-12,15,17H2,1-3H3,(H,30,35)(H2,29,31,36). The first-order valence-corrected chi connectivity index (χ1v) is 12.5. The van der Waals surface area contributed by atoms with Crippen LogP contribution in [0.15, 0.2) is 65.7 Å². The molecule has 1 aromatic rings. The summed E-state index contributed by atoms with van der Waals surface area (Å²) in [5, 5.41) is 17.7. The maximum Gasteiger partial charge on any atom is 0.319 e. The number of likely N-dealkylation sites (N-methyl/N-ethyl adjacent to an activating group) is 1. The number of hydrogen-bond donors (Lipinski definition) is 4. The Balaban J connectivity index is 1.48. The van der Waals surface area contributed by atoms with Gasteiger partial charge in [-0.1, -0.05) is 30.4 Å². The summed E-state index contributed by atoms with van der Waals surface area (Å²) in [5.41, 5.74) is 3.30. The number of aromatic nitrogens is 2. The van der Waals surface area contributed by atoms with Crippen molar-refractivity contribution in [3.8, 4) is 0 Å². The largest absolute Gasteiger partial charge is 0.396 e. The summed E-state index contributed by atoms with van der Waals surface area (Å²) >= 11 is 0. The average Bonchev–Trinajstić information content (AvgIpc) is 3.34. The minimum atomic E-state index is -0.320. The third kappa shape index (κ3) is 5.85.